The molecule has 1 aromatic carbocycles. The van der Waals surface area contributed by atoms with Crippen LogP contribution in [0, 0.1) is 0 Å². The maximum atomic E-state index is 12.4. The summed E-state index contributed by atoms with van der Waals surface area (Å²) in [6, 6.07) is 7.54. The molecule has 4 rings (SSSR count). The molecule has 0 radical (unpaired) electrons. The molecule has 0 spiro atoms. The van der Waals surface area contributed by atoms with E-state index in [1.807, 2.05) is 38.1 Å². The van der Waals surface area contributed by atoms with E-state index in [9.17, 15) is 9.59 Å². The highest BCUT2D eigenvalue weighted by molar-refractivity contribution is 7.14. The first-order valence-electron chi connectivity index (χ1n) is 10.1. The van der Waals surface area contributed by atoms with E-state index in [0.717, 1.165) is 29.5 Å². The van der Waals surface area contributed by atoms with Crippen LogP contribution in [0.4, 0.5) is 5.13 Å². The molecule has 0 bridgehead atoms. The molecule has 0 unspecified atom stereocenters. The Bertz CT molecular complexity index is 1070. The number of aromatic nitrogens is 2. The standard InChI is InChI=1S/C21H23N5O4S2/c1-13(2)30-15-5-3-14(4-6-15)20-22-16(11-31-20)18(27)24-25-19(28)17-12-32-21(23-17)26-7-9-29-10-8-26/h3-6,11-13H,7-10H2,1-2H3,(H,24,27)(H,25,28). The Balaban J connectivity index is 1.32. The van der Waals surface area contributed by atoms with Crippen LogP contribution in [0.5, 0.6) is 5.75 Å². The van der Waals surface area contributed by atoms with Crippen LogP contribution in [-0.2, 0) is 4.74 Å². The minimum atomic E-state index is -0.496. The van der Waals surface area contributed by atoms with Gasteiger partial charge in [-0.05, 0) is 38.1 Å². The van der Waals surface area contributed by atoms with Crippen LogP contribution in [0.1, 0.15) is 34.8 Å². The molecule has 1 aliphatic heterocycles. The van der Waals surface area contributed by atoms with Gasteiger partial charge in [0.15, 0.2) is 5.13 Å². The van der Waals surface area contributed by atoms with Crippen LogP contribution in [0.25, 0.3) is 10.6 Å². The van der Waals surface area contributed by atoms with Crippen molar-refractivity contribution in [1.29, 1.82) is 0 Å². The highest BCUT2D eigenvalue weighted by atomic mass is 32.1. The van der Waals surface area contributed by atoms with Gasteiger partial charge in [-0.2, -0.15) is 0 Å². The molecule has 1 fully saturated rings. The Morgan fingerprint density at radius 2 is 1.62 bits per heavy atom. The fraction of sp³-hybridized carbons (Fsp3) is 0.333. The minimum absolute atomic E-state index is 0.0986. The molecule has 3 aromatic rings. The quantitative estimate of drug-likeness (QED) is 0.530. The number of hydrazine groups is 1. The van der Waals surface area contributed by atoms with Crippen molar-refractivity contribution in [2.24, 2.45) is 0 Å². The molecule has 2 N–H and O–H groups in total. The van der Waals surface area contributed by atoms with Gasteiger partial charge in [-0.15, -0.1) is 22.7 Å². The molecule has 1 aliphatic rings. The first kappa shape index (κ1) is 22.2. The first-order chi connectivity index (χ1) is 15.5. The number of ether oxygens (including phenoxy) is 2. The van der Waals surface area contributed by atoms with Crippen LogP contribution in [-0.4, -0.2) is 54.2 Å². The Kier molecular flexibility index (Phi) is 6.98. The van der Waals surface area contributed by atoms with E-state index < -0.39 is 11.8 Å². The SMILES string of the molecule is CC(C)Oc1ccc(-c2nc(C(=O)NNC(=O)c3csc(N4CCOCC4)n3)cs2)cc1. The van der Waals surface area contributed by atoms with Gasteiger partial charge in [-0.3, -0.25) is 20.4 Å². The topological polar surface area (TPSA) is 106 Å². The van der Waals surface area contributed by atoms with Crippen LogP contribution < -0.4 is 20.5 Å². The van der Waals surface area contributed by atoms with Crippen molar-refractivity contribution in [3.05, 3.63) is 46.4 Å². The summed E-state index contributed by atoms with van der Waals surface area (Å²) < 4.78 is 11.0. The number of anilines is 1. The average Bonchev–Trinajstić information content (AvgIpc) is 3.48. The molecule has 32 heavy (non-hydrogen) atoms. The summed E-state index contributed by atoms with van der Waals surface area (Å²) >= 11 is 2.73. The number of rotatable bonds is 6. The van der Waals surface area contributed by atoms with Gasteiger partial charge in [0.05, 0.1) is 19.3 Å². The lowest BCUT2D eigenvalue weighted by atomic mass is 10.2. The normalized spacial score (nSPS) is 13.8. The molecular weight excluding hydrogens is 450 g/mol. The second-order valence-electron chi connectivity index (χ2n) is 7.25. The summed E-state index contributed by atoms with van der Waals surface area (Å²) in [6.07, 6.45) is 0.0986. The van der Waals surface area contributed by atoms with Crippen molar-refractivity contribution < 1.29 is 19.1 Å². The number of morpholine rings is 1. The molecule has 2 amide bonds. The van der Waals surface area contributed by atoms with Crippen molar-refractivity contribution in [3.63, 3.8) is 0 Å². The molecule has 9 nitrogen and oxygen atoms in total. The van der Waals surface area contributed by atoms with E-state index in [0.29, 0.717) is 18.2 Å². The van der Waals surface area contributed by atoms with Gasteiger partial charge in [0.1, 0.15) is 22.1 Å². The monoisotopic (exact) mass is 473 g/mol. The molecule has 3 heterocycles. The lowest BCUT2D eigenvalue weighted by molar-refractivity contribution is 0.0842. The summed E-state index contributed by atoms with van der Waals surface area (Å²) in [5, 5.41) is 4.78. The summed E-state index contributed by atoms with van der Waals surface area (Å²) in [5.74, 6) is -0.200. The van der Waals surface area contributed by atoms with Gasteiger partial charge in [-0.25, -0.2) is 9.97 Å². The predicted octanol–water partition coefficient (Wildman–Crippen LogP) is 2.97. The molecule has 168 valence electrons. The lowest BCUT2D eigenvalue weighted by Gasteiger charge is -2.25. The van der Waals surface area contributed by atoms with Gasteiger partial charge in [0.2, 0.25) is 0 Å². The summed E-state index contributed by atoms with van der Waals surface area (Å²) in [6.45, 7) is 6.70. The number of nitrogens with one attached hydrogen (secondary N) is 2. The highest BCUT2D eigenvalue weighted by Crippen LogP contribution is 2.26. The molecule has 1 saturated heterocycles. The van der Waals surface area contributed by atoms with Gasteiger partial charge in [0.25, 0.3) is 11.8 Å². The van der Waals surface area contributed by atoms with Crippen molar-refractivity contribution in [2.45, 2.75) is 20.0 Å². The van der Waals surface area contributed by atoms with Crippen molar-refractivity contribution in [1.82, 2.24) is 20.8 Å². The molecule has 0 atom stereocenters. The Morgan fingerprint density at radius 1 is 1.00 bits per heavy atom. The zero-order valence-electron chi connectivity index (χ0n) is 17.7. The van der Waals surface area contributed by atoms with E-state index in [1.165, 1.54) is 22.7 Å². The zero-order valence-corrected chi connectivity index (χ0v) is 19.3. The van der Waals surface area contributed by atoms with E-state index in [4.69, 9.17) is 9.47 Å². The summed E-state index contributed by atoms with van der Waals surface area (Å²) in [5.41, 5.74) is 6.15. The Hall–Kier alpha value is -3.02. The fourth-order valence-electron chi connectivity index (χ4n) is 2.97. The third-order valence-corrected chi connectivity index (χ3v) is 6.30. The number of carbonyl (C=O) groups is 2. The molecular formula is C21H23N5O4S2. The largest absolute Gasteiger partial charge is 0.491 e. The van der Waals surface area contributed by atoms with Crippen LogP contribution in [0.3, 0.4) is 0 Å². The second-order valence-corrected chi connectivity index (χ2v) is 8.95. The lowest BCUT2D eigenvalue weighted by Crippen LogP contribution is -2.42. The van der Waals surface area contributed by atoms with Crippen molar-refractivity contribution >= 4 is 39.6 Å². The number of amides is 2. The minimum Gasteiger partial charge on any atom is -0.491 e. The van der Waals surface area contributed by atoms with Crippen molar-refractivity contribution in [2.75, 3.05) is 31.2 Å². The fourth-order valence-corrected chi connectivity index (χ4v) is 4.63. The number of nitrogens with zero attached hydrogens (tertiary/aromatic N) is 3. The van der Waals surface area contributed by atoms with E-state index in [-0.39, 0.29) is 17.5 Å². The van der Waals surface area contributed by atoms with Crippen LogP contribution >= 0.6 is 22.7 Å². The number of carbonyl (C=O) groups excluding carboxylic acids is 2. The number of hydrogen-bond donors (Lipinski definition) is 2. The second kappa shape index (κ2) is 10.1. The first-order valence-corrected chi connectivity index (χ1v) is 11.9. The molecule has 0 saturated carbocycles. The third kappa shape index (κ3) is 5.42. The highest BCUT2D eigenvalue weighted by Gasteiger charge is 2.18. The van der Waals surface area contributed by atoms with Gasteiger partial charge in [-0.1, -0.05) is 0 Å². The Labute approximate surface area is 193 Å². The molecule has 2 aromatic heterocycles. The smallest absolute Gasteiger partial charge is 0.289 e. The van der Waals surface area contributed by atoms with Crippen LogP contribution in [0.2, 0.25) is 0 Å². The maximum absolute atomic E-state index is 12.4. The van der Waals surface area contributed by atoms with E-state index >= 15 is 0 Å². The average molecular weight is 474 g/mol. The summed E-state index contributed by atoms with van der Waals surface area (Å²) in [7, 11) is 0. The van der Waals surface area contributed by atoms with Gasteiger partial charge < -0.3 is 14.4 Å². The molecule has 0 aliphatic carbocycles. The van der Waals surface area contributed by atoms with Crippen LogP contribution in [0.15, 0.2) is 35.0 Å². The predicted molar refractivity (Wildman–Crippen MR) is 123 cm³/mol. The third-order valence-electron chi connectivity index (χ3n) is 4.51. The summed E-state index contributed by atoms with van der Waals surface area (Å²) in [4.78, 5) is 35.6. The number of thiazole rings is 2. The van der Waals surface area contributed by atoms with E-state index in [2.05, 4.69) is 25.7 Å². The van der Waals surface area contributed by atoms with Gasteiger partial charge >= 0.3 is 0 Å². The Morgan fingerprint density at radius 3 is 2.28 bits per heavy atom. The zero-order chi connectivity index (χ0) is 22.5. The number of hydrogen-bond acceptors (Lipinski definition) is 9. The van der Waals surface area contributed by atoms with E-state index in [1.54, 1.807) is 10.8 Å². The van der Waals surface area contributed by atoms with Gasteiger partial charge in [0, 0.05) is 29.4 Å². The van der Waals surface area contributed by atoms with Crippen molar-refractivity contribution in [3.8, 4) is 16.3 Å². The molecule has 11 heteroatoms. The maximum Gasteiger partial charge on any atom is 0.289 e. The number of benzene rings is 1.